The number of unbranched alkanes of at least 4 members (excludes halogenated alkanes) is 1. The molecule has 1 unspecified atom stereocenters. The molecule has 4 heteroatoms. The minimum atomic E-state index is -1.85. The maximum Gasteiger partial charge on any atom is 0.373 e. The highest BCUT2D eigenvalue weighted by Crippen LogP contribution is 2.17. The summed E-state index contributed by atoms with van der Waals surface area (Å²) in [6.45, 7) is 15.8. The second kappa shape index (κ2) is 10.3. The van der Waals surface area contributed by atoms with Crippen LogP contribution in [0.1, 0.15) is 49.9 Å². The first-order chi connectivity index (χ1) is 11.5. The van der Waals surface area contributed by atoms with Gasteiger partial charge in [0, 0.05) is 0 Å². The zero-order valence-electron chi connectivity index (χ0n) is 15.1. The lowest BCUT2D eigenvalue weighted by Gasteiger charge is -2.19. The molecule has 0 fully saturated rings. The lowest BCUT2D eigenvalue weighted by molar-refractivity contribution is -0.219. The summed E-state index contributed by atoms with van der Waals surface area (Å²) in [6, 6.07) is 7.39. The van der Waals surface area contributed by atoms with Gasteiger partial charge in [-0.1, -0.05) is 68.4 Å². The van der Waals surface area contributed by atoms with Crippen LogP contribution in [0.15, 0.2) is 48.8 Å². The van der Waals surface area contributed by atoms with Crippen molar-refractivity contribution in [3.8, 4) is 0 Å². The Kier molecular flexibility index (Phi) is 8.72. The summed E-state index contributed by atoms with van der Waals surface area (Å²) in [7, 11) is -1.85. The van der Waals surface area contributed by atoms with E-state index >= 15 is 0 Å². The first-order valence-electron chi connectivity index (χ1n) is 8.59. The van der Waals surface area contributed by atoms with Crippen molar-refractivity contribution in [3.05, 3.63) is 61.0 Å². The number of hydrogen-bond donors (Lipinski definition) is 0. The van der Waals surface area contributed by atoms with E-state index in [4.69, 9.17) is 9.78 Å². The molecular weight excluding hydrogens is 316 g/mol. The van der Waals surface area contributed by atoms with Crippen molar-refractivity contribution in [2.45, 2.75) is 46.1 Å². The third-order valence-corrected chi connectivity index (χ3v) is 7.69. The van der Waals surface area contributed by atoms with Crippen molar-refractivity contribution in [1.82, 2.24) is 0 Å². The Morgan fingerprint density at radius 3 is 2.33 bits per heavy atom. The van der Waals surface area contributed by atoms with E-state index < -0.39 is 14.0 Å². The lowest BCUT2D eigenvalue weighted by atomic mass is 10.0. The average molecular weight is 346 g/mol. The number of hydrogen-bond acceptors (Lipinski definition) is 3. The third-order valence-electron chi connectivity index (χ3n) is 4.42. The molecule has 0 heterocycles. The molecule has 1 rings (SSSR count). The summed E-state index contributed by atoms with van der Waals surface area (Å²) in [4.78, 5) is 22.0. The fourth-order valence-corrected chi connectivity index (χ4v) is 3.84. The zero-order chi connectivity index (χ0) is 18.0. The van der Waals surface area contributed by atoms with Gasteiger partial charge in [-0.3, -0.25) is 4.89 Å². The lowest BCUT2D eigenvalue weighted by Crippen LogP contribution is -2.40. The van der Waals surface area contributed by atoms with Gasteiger partial charge in [0.05, 0.1) is 5.56 Å². The summed E-state index contributed by atoms with van der Waals surface area (Å²) >= 11 is 0. The van der Waals surface area contributed by atoms with Crippen LogP contribution in [0.2, 0.25) is 6.55 Å². The molecule has 1 atom stereocenters. The van der Waals surface area contributed by atoms with E-state index in [9.17, 15) is 4.79 Å². The van der Waals surface area contributed by atoms with Gasteiger partial charge in [0.15, 0.2) is 0 Å². The number of carbonyl (C=O) groups excluding carboxylic acids is 1. The maximum atomic E-state index is 12.0. The van der Waals surface area contributed by atoms with Crippen LogP contribution in [-0.2, 0) is 9.78 Å². The van der Waals surface area contributed by atoms with Gasteiger partial charge in [-0.25, -0.2) is 4.79 Å². The second-order valence-corrected chi connectivity index (χ2v) is 10.1. The number of carbonyl (C=O) groups is 1. The second-order valence-electron chi connectivity index (χ2n) is 6.18. The Labute approximate surface area is 147 Å². The van der Waals surface area contributed by atoms with Gasteiger partial charge in [-0.05, 0) is 24.5 Å². The van der Waals surface area contributed by atoms with Crippen molar-refractivity contribution < 1.29 is 14.6 Å². The number of rotatable bonds is 11. The summed E-state index contributed by atoms with van der Waals surface area (Å²) in [5, 5.41) is 1.15. The van der Waals surface area contributed by atoms with Crippen molar-refractivity contribution in [1.29, 1.82) is 0 Å². The summed E-state index contributed by atoms with van der Waals surface area (Å²) in [5.41, 5.74) is 4.40. The Morgan fingerprint density at radius 1 is 1.21 bits per heavy atom. The van der Waals surface area contributed by atoms with Crippen LogP contribution in [0.5, 0.6) is 0 Å². The van der Waals surface area contributed by atoms with E-state index in [0.717, 1.165) is 30.9 Å². The first kappa shape index (κ1) is 20.4. The molecule has 0 saturated heterocycles. The molecule has 3 nitrogen and oxygen atoms in total. The molecule has 0 aromatic heterocycles. The van der Waals surface area contributed by atoms with Crippen LogP contribution in [0.3, 0.4) is 0 Å². The molecule has 0 amide bonds. The third kappa shape index (κ3) is 5.76. The molecule has 0 aliphatic heterocycles. The van der Waals surface area contributed by atoms with Crippen molar-refractivity contribution >= 4 is 19.2 Å². The summed E-state index contributed by atoms with van der Waals surface area (Å²) in [5.74, 6) is -0.171. The smallest absolute Gasteiger partial charge is 0.292 e. The van der Waals surface area contributed by atoms with E-state index in [-0.39, 0.29) is 0 Å². The highest BCUT2D eigenvalue weighted by atomic mass is 28.3. The highest BCUT2D eigenvalue weighted by molar-refractivity contribution is 6.98. The van der Waals surface area contributed by atoms with Crippen LogP contribution in [0.25, 0.3) is 0 Å². The average Bonchev–Trinajstić information content (AvgIpc) is 2.63. The topological polar surface area (TPSA) is 35.5 Å². The Bertz CT molecular complexity index is 528. The molecule has 0 aliphatic carbocycles. The predicted molar refractivity (Wildman–Crippen MR) is 102 cm³/mol. The fourth-order valence-electron chi connectivity index (χ4n) is 2.32. The molecule has 0 aliphatic rings. The monoisotopic (exact) mass is 345 g/mol. The van der Waals surface area contributed by atoms with Gasteiger partial charge in [-0.15, -0.1) is 13.2 Å². The number of benzene rings is 1. The molecule has 1 aromatic rings. The molecule has 0 saturated carbocycles. The van der Waals surface area contributed by atoms with E-state index in [2.05, 4.69) is 33.6 Å². The maximum absolute atomic E-state index is 12.0. The SMILES string of the molecule is C=C[Si](C)(C=C)c1ccc(C(=O)OO[CH]C(CC)CCCC)cc1. The molecule has 0 N–H and O–H groups in total. The molecule has 1 radical (unpaired) electrons. The van der Waals surface area contributed by atoms with Crippen molar-refractivity contribution in [2.75, 3.05) is 0 Å². The molecule has 131 valence electrons. The van der Waals surface area contributed by atoms with Gasteiger partial charge in [-0.2, -0.15) is 4.89 Å². The molecular formula is C20H29O3Si. The van der Waals surface area contributed by atoms with Crippen LogP contribution in [-0.4, -0.2) is 14.0 Å². The Morgan fingerprint density at radius 2 is 1.83 bits per heavy atom. The fraction of sp³-hybridized carbons (Fsp3) is 0.400. The zero-order valence-corrected chi connectivity index (χ0v) is 16.1. The Hall–Kier alpha value is -1.65. The van der Waals surface area contributed by atoms with Gasteiger partial charge >= 0.3 is 5.97 Å². The largest absolute Gasteiger partial charge is 0.373 e. The first-order valence-corrected chi connectivity index (χ1v) is 11.2. The summed E-state index contributed by atoms with van der Waals surface area (Å²) in [6.07, 6.45) is 4.31. The van der Waals surface area contributed by atoms with E-state index in [0.29, 0.717) is 11.5 Å². The van der Waals surface area contributed by atoms with Crippen LogP contribution in [0.4, 0.5) is 0 Å². The quantitative estimate of drug-likeness (QED) is 0.325. The van der Waals surface area contributed by atoms with Crippen molar-refractivity contribution in [3.63, 3.8) is 0 Å². The molecule has 0 spiro atoms. The summed E-state index contributed by atoms with van der Waals surface area (Å²) < 4.78 is 0. The predicted octanol–water partition coefficient (Wildman–Crippen LogP) is 4.89. The minimum Gasteiger partial charge on any atom is -0.292 e. The minimum absolute atomic E-state index is 0.312. The van der Waals surface area contributed by atoms with Crippen LogP contribution in [0, 0.1) is 12.5 Å². The van der Waals surface area contributed by atoms with Crippen molar-refractivity contribution in [2.24, 2.45) is 5.92 Å². The normalized spacial score (nSPS) is 12.5. The van der Waals surface area contributed by atoms with Crippen LogP contribution < -0.4 is 5.19 Å². The van der Waals surface area contributed by atoms with E-state index in [1.165, 1.54) is 0 Å². The molecule has 24 heavy (non-hydrogen) atoms. The van der Waals surface area contributed by atoms with Gasteiger partial charge in [0.1, 0.15) is 14.7 Å². The standard InChI is InChI=1S/C20H29O3Si/c1-6-10-11-17(7-2)16-22-23-20(21)18-12-14-19(15-13-18)24(5,8-3)9-4/h8-9,12-17H,3-4,6-7,10-11H2,1-2,5H3. The molecule has 0 bridgehead atoms. The van der Waals surface area contributed by atoms with E-state index in [1.54, 1.807) is 18.7 Å². The van der Waals surface area contributed by atoms with Gasteiger partial charge in [0.2, 0.25) is 0 Å². The van der Waals surface area contributed by atoms with E-state index in [1.807, 2.05) is 23.5 Å². The Balaban J connectivity index is 2.57. The van der Waals surface area contributed by atoms with Gasteiger partial charge < -0.3 is 0 Å². The van der Waals surface area contributed by atoms with Gasteiger partial charge in [0.25, 0.3) is 0 Å². The molecule has 1 aromatic carbocycles. The van der Waals surface area contributed by atoms with Crippen LogP contribution >= 0.6 is 0 Å². The highest BCUT2D eigenvalue weighted by Gasteiger charge is 2.22.